The largest absolute Gasteiger partial charge is 0.391 e. The second-order valence-electron chi connectivity index (χ2n) is 4.55. The molecule has 17 heavy (non-hydrogen) atoms. The number of aromatic nitrogens is 1. The fourth-order valence-electron chi connectivity index (χ4n) is 1.77. The van der Waals surface area contributed by atoms with Crippen LogP contribution in [0.3, 0.4) is 0 Å². The molecule has 0 aromatic carbocycles. The molecule has 96 valence electrons. The first-order valence-electron chi connectivity index (χ1n) is 6.19. The highest BCUT2D eigenvalue weighted by Crippen LogP contribution is 2.10. The fourth-order valence-corrected chi connectivity index (χ4v) is 1.77. The monoisotopic (exact) mass is 238 g/mol. The molecule has 1 rings (SSSR count). The Morgan fingerprint density at radius 1 is 1.53 bits per heavy atom. The molecule has 1 unspecified atom stereocenters. The first-order valence-corrected chi connectivity index (χ1v) is 6.19. The molecule has 0 bridgehead atoms. The van der Waals surface area contributed by atoms with Crippen molar-refractivity contribution in [3.63, 3.8) is 0 Å². The molecule has 2 N–H and O–H groups in total. The number of rotatable bonds is 6. The minimum atomic E-state index is -0.452. The maximum Gasteiger partial charge on any atom is 0.268 e. The lowest BCUT2D eigenvalue weighted by Gasteiger charge is -2.14. The van der Waals surface area contributed by atoms with E-state index in [1.807, 2.05) is 37.6 Å². The number of carbonyl (C=O) groups excluding carboxylic acids is 1. The third-order valence-corrected chi connectivity index (χ3v) is 2.69. The van der Waals surface area contributed by atoms with Gasteiger partial charge in [-0.15, -0.1) is 0 Å². The van der Waals surface area contributed by atoms with Gasteiger partial charge in [-0.2, -0.15) is 0 Å². The predicted octanol–water partition coefficient (Wildman–Crippen LogP) is 1.96. The Labute approximate surface area is 103 Å². The van der Waals surface area contributed by atoms with E-state index in [1.54, 1.807) is 6.07 Å². The highest BCUT2D eigenvalue weighted by atomic mass is 16.3. The van der Waals surface area contributed by atoms with Gasteiger partial charge in [-0.05, 0) is 32.4 Å². The number of hydrogen-bond donors (Lipinski definition) is 2. The molecule has 1 aromatic rings. The van der Waals surface area contributed by atoms with E-state index in [-0.39, 0.29) is 11.9 Å². The van der Waals surface area contributed by atoms with Crippen LogP contribution in [0, 0.1) is 0 Å². The number of aliphatic hydroxyl groups is 1. The number of amides is 1. The minimum absolute atomic E-state index is 0.126. The van der Waals surface area contributed by atoms with Gasteiger partial charge in [0.2, 0.25) is 0 Å². The van der Waals surface area contributed by atoms with E-state index in [4.69, 9.17) is 0 Å². The van der Waals surface area contributed by atoms with Gasteiger partial charge in [0.25, 0.3) is 5.91 Å². The molecule has 0 spiro atoms. The zero-order chi connectivity index (χ0) is 12.8. The molecule has 1 amide bonds. The number of carbonyl (C=O) groups is 1. The SMILES string of the molecule is CCCC(O)CNC(=O)c1cccn1C(C)C. The van der Waals surface area contributed by atoms with E-state index in [1.165, 1.54) is 0 Å². The topological polar surface area (TPSA) is 54.3 Å². The molecule has 0 aliphatic carbocycles. The van der Waals surface area contributed by atoms with Crippen LogP contribution in [-0.4, -0.2) is 28.2 Å². The third-order valence-electron chi connectivity index (χ3n) is 2.69. The molecule has 4 nitrogen and oxygen atoms in total. The molecule has 1 aromatic heterocycles. The van der Waals surface area contributed by atoms with Crippen LogP contribution in [0.5, 0.6) is 0 Å². The fraction of sp³-hybridized carbons (Fsp3) is 0.615. The quantitative estimate of drug-likeness (QED) is 0.796. The molecule has 1 atom stereocenters. The highest BCUT2D eigenvalue weighted by Gasteiger charge is 2.13. The van der Waals surface area contributed by atoms with Crippen LogP contribution in [0.25, 0.3) is 0 Å². The van der Waals surface area contributed by atoms with Crippen LogP contribution in [0.15, 0.2) is 18.3 Å². The average Bonchev–Trinajstić information content (AvgIpc) is 2.75. The van der Waals surface area contributed by atoms with Gasteiger partial charge in [0.05, 0.1) is 6.10 Å². The summed E-state index contributed by atoms with van der Waals surface area (Å²) in [5, 5.41) is 12.3. The Morgan fingerprint density at radius 2 is 2.24 bits per heavy atom. The van der Waals surface area contributed by atoms with E-state index in [2.05, 4.69) is 5.32 Å². The molecular weight excluding hydrogens is 216 g/mol. The van der Waals surface area contributed by atoms with E-state index in [9.17, 15) is 9.90 Å². The molecule has 0 fully saturated rings. The van der Waals surface area contributed by atoms with Crippen LogP contribution in [-0.2, 0) is 0 Å². The smallest absolute Gasteiger partial charge is 0.268 e. The molecule has 0 radical (unpaired) electrons. The molecular formula is C13H22N2O2. The summed E-state index contributed by atoms with van der Waals surface area (Å²) < 4.78 is 1.92. The van der Waals surface area contributed by atoms with Gasteiger partial charge in [0.15, 0.2) is 0 Å². The van der Waals surface area contributed by atoms with Crippen molar-refractivity contribution in [2.45, 2.75) is 45.8 Å². The molecule has 0 saturated carbocycles. The van der Waals surface area contributed by atoms with Crippen molar-refractivity contribution >= 4 is 5.91 Å². The predicted molar refractivity (Wildman–Crippen MR) is 68.1 cm³/mol. The Kier molecular flexibility index (Phi) is 5.22. The van der Waals surface area contributed by atoms with Crippen LogP contribution in [0.4, 0.5) is 0 Å². The van der Waals surface area contributed by atoms with Crippen molar-refractivity contribution in [3.8, 4) is 0 Å². The summed E-state index contributed by atoms with van der Waals surface area (Å²) in [4.78, 5) is 11.9. The Balaban J connectivity index is 2.55. The van der Waals surface area contributed by atoms with Crippen LogP contribution < -0.4 is 5.32 Å². The second-order valence-corrected chi connectivity index (χ2v) is 4.55. The van der Waals surface area contributed by atoms with Crippen molar-refractivity contribution in [2.75, 3.05) is 6.54 Å². The Morgan fingerprint density at radius 3 is 2.82 bits per heavy atom. The minimum Gasteiger partial charge on any atom is -0.391 e. The van der Waals surface area contributed by atoms with E-state index in [0.29, 0.717) is 18.7 Å². The van der Waals surface area contributed by atoms with Gasteiger partial charge < -0.3 is 15.0 Å². The van der Waals surface area contributed by atoms with E-state index < -0.39 is 6.10 Å². The Hall–Kier alpha value is -1.29. The molecule has 4 heteroatoms. The maximum absolute atomic E-state index is 11.9. The van der Waals surface area contributed by atoms with Gasteiger partial charge in [-0.3, -0.25) is 4.79 Å². The third kappa shape index (κ3) is 3.89. The van der Waals surface area contributed by atoms with Crippen molar-refractivity contribution in [1.29, 1.82) is 0 Å². The lowest BCUT2D eigenvalue weighted by atomic mass is 10.2. The van der Waals surface area contributed by atoms with Crippen LogP contribution >= 0.6 is 0 Å². The van der Waals surface area contributed by atoms with Gasteiger partial charge in [0, 0.05) is 18.8 Å². The molecule has 0 saturated heterocycles. The maximum atomic E-state index is 11.9. The molecule has 0 aliphatic heterocycles. The Bertz CT molecular complexity index is 358. The van der Waals surface area contributed by atoms with Crippen molar-refractivity contribution in [1.82, 2.24) is 9.88 Å². The summed E-state index contributed by atoms with van der Waals surface area (Å²) in [6.45, 7) is 6.39. The highest BCUT2D eigenvalue weighted by molar-refractivity contribution is 5.92. The van der Waals surface area contributed by atoms with Crippen molar-refractivity contribution in [2.24, 2.45) is 0 Å². The van der Waals surface area contributed by atoms with Gasteiger partial charge in [0.1, 0.15) is 5.69 Å². The summed E-state index contributed by atoms with van der Waals surface area (Å²) in [5.74, 6) is -0.126. The van der Waals surface area contributed by atoms with Crippen LogP contribution in [0.1, 0.15) is 50.1 Å². The van der Waals surface area contributed by atoms with Gasteiger partial charge >= 0.3 is 0 Å². The lowest BCUT2D eigenvalue weighted by molar-refractivity contribution is 0.0899. The van der Waals surface area contributed by atoms with Gasteiger partial charge in [-0.1, -0.05) is 13.3 Å². The summed E-state index contributed by atoms with van der Waals surface area (Å²) in [6, 6.07) is 3.91. The zero-order valence-electron chi connectivity index (χ0n) is 10.8. The van der Waals surface area contributed by atoms with Crippen LogP contribution in [0.2, 0.25) is 0 Å². The van der Waals surface area contributed by atoms with Crippen molar-refractivity contribution in [3.05, 3.63) is 24.0 Å². The number of aliphatic hydroxyl groups excluding tert-OH is 1. The number of hydrogen-bond acceptors (Lipinski definition) is 2. The second kappa shape index (κ2) is 6.45. The van der Waals surface area contributed by atoms with Gasteiger partial charge in [-0.25, -0.2) is 0 Å². The summed E-state index contributed by atoms with van der Waals surface area (Å²) in [5.41, 5.74) is 0.642. The molecule has 1 heterocycles. The molecule has 0 aliphatic rings. The van der Waals surface area contributed by atoms with E-state index in [0.717, 1.165) is 6.42 Å². The lowest BCUT2D eigenvalue weighted by Crippen LogP contribution is -2.33. The van der Waals surface area contributed by atoms with E-state index >= 15 is 0 Å². The van der Waals surface area contributed by atoms with Crippen molar-refractivity contribution < 1.29 is 9.90 Å². The first kappa shape index (κ1) is 13.8. The average molecular weight is 238 g/mol. The summed E-state index contributed by atoms with van der Waals surface area (Å²) in [7, 11) is 0. The number of nitrogens with zero attached hydrogens (tertiary/aromatic N) is 1. The summed E-state index contributed by atoms with van der Waals surface area (Å²) in [6.07, 6.45) is 3.07. The first-order chi connectivity index (χ1) is 8.06. The standard InChI is InChI=1S/C13H22N2O2/c1-4-6-11(16)9-14-13(17)12-7-5-8-15(12)10(2)3/h5,7-8,10-11,16H,4,6,9H2,1-3H3,(H,14,17). The zero-order valence-corrected chi connectivity index (χ0v) is 10.8. The number of nitrogens with one attached hydrogen (secondary N) is 1. The normalized spacial score (nSPS) is 12.8. The summed E-state index contributed by atoms with van der Waals surface area (Å²) >= 11 is 0.